The largest absolute Gasteiger partial charge is 0.488 e. The van der Waals surface area contributed by atoms with E-state index >= 15 is 0 Å². The van der Waals surface area contributed by atoms with E-state index in [0.717, 1.165) is 39.3 Å². The Morgan fingerprint density at radius 1 is 0.879 bits per heavy atom. The summed E-state index contributed by atoms with van der Waals surface area (Å²) in [6.07, 6.45) is -0.181. The van der Waals surface area contributed by atoms with E-state index in [1.807, 2.05) is 25.1 Å². The highest BCUT2D eigenvalue weighted by atomic mass is 16.5. The Morgan fingerprint density at radius 2 is 1.70 bits per heavy atom. The van der Waals surface area contributed by atoms with E-state index in [2.05, 4.69) is 89.7 Å². The van der Waals surface area contributed by atoms with Crippen molar-refractivity contribution in [1.29, 1.82) is 0 Å². The molecule has 1 N–H and O–H groups in total. The Kier molecular flexibility index (Phi) is 4.65. The fourth-order valence-corrected chi connectivity index (χ4v) is 4.80. The summed E-state index contributed by atoms with van der Waals surface area (Å²) in [7, 11) is 0. The van der Waals surface area contributed by atoms with Crippen molar-refractivity contribution in [3.8, 4) is 17.0 Å². The molecule has 6 rings (SSSR count). The Bertz CT molecular complexity index is 1470. The molecule has 0 bridgehead atoms. The van der Waals surface area contributed by atoms with Crippen LogP contribution in [-0.2, 0) is 6.61 Å². The van der Waals surface area contributed by atoms with Crippen LogP contribution in [0.1, 0.15) is 28.6 Å². The van der Waals surface area contributed by atoms with E-state index in [-0.39, 0.29) is 6.17 Å². The number of anilines is 1. The molecule has 4 nitrogen and oxygen atoms in total. The van der Waals surface area contributed by atoms with Gasteiger partial charge >= 0.3 is 0 Å². The SMILES string of the molecule is Cc1cc2n(n1)[C@@H](c1c(OCc3ccccc3)ccc3ccccc13)Nc1c(C)cccc1-2. The zero-order valence-corrected chi connectivity index (χ0v) is 18.7. The molecule has 4 heteroatoms. The number of hydrogen-bond acceptors (Lipinski definition) is 3. The maximum absolute atomic E-state index is 6.44. The quantitative estimate of drug-likeness (QED) is 0.337. The average Bonchev–Trinajstić information content (AvgIpc) is 3.25. The third-order valence-corrected chi connectivity index (χ3v) is 6.37. The molecular weight excluding hydrogens is 406 g/mol. The van der Waals surface area contributed by atoms with Crippen LogP contribution in [0.3, 0.4) is 0 Å². The van der Waals surface area contributed by atoms with Crippen molar-refractivity contribution in [2.24, 2.45) is 0 Å². The van der Waals surface area contributed by atoms with Crippen molar-refractivity contribution >= 4 is 16.5 Å². The highest BCUT2D eigenvalue weighted by molar-refractivity contribution is 5.90. The normalized spacial score (nSPS) is 14.4. The second-order valence-electron chi connectivity index (χ2n) is 8.63. The molecule has 33 heavy (non-hydrogen) atoms. The highest BCUT2D eigenvalue weighted by Gasteiger charge is 2.30. The molecule has 0 radical (unpaired) electrons. The molecule has 0 spiro atoms. The van der Waals surface area contributed by atoms with Crippen LogP contribution in [0.2, 0.25) is 0 Å². The summed E-state index contributed by atoms with van der Waals surface area (Å²) < 4.78 is 8.55. The van der Waals surface area contributed by atoms with Gasteiger partial charge in [0.25, 0.3) is 0 Å². The predicted octanol–water partition coefficient (Wildman–Crippen LogP) is 6.87. The number of nitrogens with zero attached hydrogens (tertiary/aromatic N) is 2. The molecule has 0 amide bonds. The smallest absolute Gasteiger partial charge is 0.151 e. The molecule has 1 aliphatic heterocycles. The van der Waals surface area contributed by atoms with Gasteiger partial charge in [-0.25, -0.2) is 4.68 Å². The second kappa shape index (κ2) is 7.82. The maximum atomic E-state index is 6.44. The molecule has 1 aromatic heterocycles. The van der Waals surface area contributed by atoms with Gasteiger partial charge in [0.15, 0.2) is 6.17 Å². The Hall–Kier alpha value is -4.05. The van der Waals surface area contributed by atoms with Crippen LogP contribution in [0.4, 0.5) is 5.69 Å². The Morgan fingerprint density at radius 3 is 2.58 bits per heavy atom. The minimum Gasteiger partial charge on any atom is -0.488 e. The van der Waals surface area contributed by atoms with Crippen LogP contribution < -0.4 is 10.1 Å². The van der Waals surface area contributed by atoms with Gasteiger partial charge in [-0.1, -0.05) is 78.9 Å². The zero-order chi connectivity index (χ0) is 22.4. The van der Waals surface area contributed by atoms with Gasteiger partial charge in [-0.15, -0.1) is 0 Å². The summed E-state index contributed by atoms with van der Waals surface area (Å²) in [5.74, 6) is 0.867. The van der Waals surface area contributed by atoms with E-state index < -0.39 is 0 Å². The number of para-hydroxylation sites is 1. The number of rotatable bonds is 4. The molecule has 0 aliphatic carbocycles. The van der Waals surface area contributed by atoms with E-state index in [0.29, 0.717) is 6.61 Å². The van der Waals surface area contributed by atoms with Crippen molar-refractivity contribution in [3.63, 3.8) is 0 Å². The minimum atomic E-state index is -0.181. The summed E-state index contributed by atoms with van der Waals surface area (Å²) in [5.41, 5.74) is 7.91. The molecule has 5 aromatic rings. The minimum absolute atomic E-state index is 0.181. The van der Waals surface area contributed by atoms with Gasteiger partial charge in [-0.05, 0) is 47.9 Å². The van der Waals surface area contributed by atoms with Gasteiger partial charge in [0.1, 0.15) is 12.4 Å². The number of aromatic nitrogens is 2. The summed E-state index contributed by atoms with van der Waals surface area (Å²) in [6, 6.07) is 31.6. The van der Waals surface area contributed by atoms with Crippen molar-refractivity contribution in [2.75, 3.05) is 5.32 Å². The third-order valence-electron chi connectivity index (χ3n) is 6.37. The lowest BCUT2D eigenvalue weighted by atomic mass is 9.97. The lowest BCUT2D eigenvalue weighted by Gasteiger charge is -2.32. The van der Waals surface area contributed by atoms with Gasteiger partial charge in [0.05, 0.1) is 11.4 Å². The number of hydrogen-bond donors (Lipinski definition) is 1. The van der Waals surface area contributed by atoms with Gasteiger partial charge in [-0.2, -0.15) is 5.10 Å². The lowest BCUT2D eigenvalue weighted by molar-refractivity contribution is 0.300. The third kappa shape index (κ3) is 3.35. The average molecular weight is 432 g/mol. The van der Waals surface area contributed by atoms with E-state index in [9.17, 15) is 0 Å². The van der Waals surface area contributed by atoms with E-state index in [1.54, 1.807) is 0 Å². The molecule has 4 aromatic carbocycles. The molecular formula is C29H25N3O. The standard InChI is InChI=1S/C29H25N3O/c1-19-9-8-14-24-25-17-20(2)31-32(25)29(30-28(19)24)27-23-13-7-6-12-22(23)15-16-26(27)33-18-21-10-4-3-5-11-21/h3-17,29-30H,18H2,1-2H3/t29-/m0/s1. The second-order valence-corrected chi connectivity index (χ2v) is 8.63. The lowest BCUT2D eigenvalue weighted by Crippen LogP contribution is -2.27. The Labute approximate surface area is 193 Å². The molecule has 2 heterocycles. The van der Waals surface area contributed by atoms with E-state index in [4.69, 9.17) is 9.84 Å². The molecule has 162 valence electrons. The first-order valence-electron chi connectivity index (χ1n) is 11.3. The molecule has 0 fully saturated rings. The van der Waals surface area contributed by atoms with Crippen molar-refractivity contribution in [2.45, 2.75) is 26.6 Å². The van der Waals surface area contributed by atoms with Crippen LogP contribution in [-0.4, -0.2) is 9.78 Å². The fourth-order valence-electron chi connectivity index (χ4n) is 4.80. The maximum Gasteiger partial charge on any atom is 0.151 e. The van der Waals surface area contributed by atoms with Crippen LogP contribution >= 0.6 is 0 Å². The first-order valence-corrected chi connectivity index (χ1v) is 11.3. The topological polar surface area (TPSA) is 39.1 Å². The van der Waals surface area contributed by atoms with Crippen LogP contribution in [0, 0.1) is 13.8 Å². The first-order chi connectivity index (χ1) is 16.2. The predicted molar refractivity (Wildman–Crippen MR) is 134 cm³/mol. The van der Waals surface area contributed by atoms with Crippen molar-refractivity contribution in [3.05, 3.63) is 113 Å². The molecule has 1 aliphatic rings. The highest BCUT2D eigenvalue weighted by Crippen LogP contribution is 2.44. The number of aryl methyl sites for hydroxylation is 2. The molecule has 0 unspecified atom stereocenters. The monoisotopic (exact) mass is 431 g/mol. The van der Waals surface area contributed by atoms with Crippen LogP contribution in [0.15, 0.2) is 91.0 Å². The number of ether oxygens (including phenoxy) is 1. The summed E-state index contributed by atoms with van der Waals surface area (Å²) in [6.45, 7) is 4.71. The fraction of sp³-hybridized carbons (Fsp3) is 0.138. The van der Waals surface area contributed by atoms with Crippen LogP contribution in [0.5, 0.6) is 5.75 Å². The number of benzene rings is 4. The van der Waals surface area contributed by atoms with Gasteiger partial charge in [0, 0.05) is 16.8 Å². The number of nitrogens with one attached hydrogen (secondary N) is 1. The van der Waals surface area contributed by atoms with Gasteiger partial charge in [0.2, 0.25) is 0 Å². The summed E-state index contributed by atoms with van der Waals surface area (Å²) in [4.78, 5) is 0. The Balaban J connectivity index is 1.53. The molecule has 0 saturated heterocycles. The van der Waals surface area contributed by atoms with E-state index in [1.165, 1.54) is 16.5 Å². The molecule has 0 saturated carbocycles. The van der Waals surface area contributed by atoms with Crippen molar-refractivity contribution < 1.29 is 4.74 Å². The first kappa shape index (κ1) is 19.6. The van der Waals surface area contributed by atoms with Crippen LogP contribution in [0.25, 0.3) is 22.0 Å². The zero-order valence-electron chi connectivity index (χ0n) is 18.7. The number of fused-ring (bicyclic) bond motifs is 4. The van der Waals surface area contributed by atoms with Gasteiger partial charge < -0.3 is 10.1 Å². The molecule has 1 atom stereocenters. The van der Waals surface area contributed by atoms with Crippen molar-refractivity contribution in [1.82, 2.24) is 9.78 Å². The summed E-state index contributed by atoms with van der Waals surface area (Å²) in [5, 5.41) is 11.1. The van der Waals surface area contributed by atoms with Gasteiger partial charge in [-0.3, -0.25) is 0 Å². The summed E-state index contributed by atoms with van der Waals surface area (Å²) >= 11 is 0.